The minimum Gasteiger partial charge on any atom is -0.351 e. The predicted octanol–water partition coefficient (Wildman–Crippen LogP) is 2.23. The molecular formula is C11H16N4O2. The highest BCUT2D eigenvalue weighted by molar-refractivity contribution is 5.32. The first-order valence-corrected chi connectivity index (χ1v) is 5.81. The van der Waals surface area contributed by atoms with Gasteiger partial charge in [0, 0.05) is 6.04 Å². The molecule has 1 saturated carbocycles. The van der Waals surface area contributed by atoms with Crippen LogP contribution < -0.4 is 5.32 Å². The van der Waals surface area contributed by atoms with Crippen molar-refractivity contribution < 1.29 is 4.92 Å². The molecule has 6 heteroatoms. The number of nitro groups is 1. The summed E-state index contributed by atoms with van der Waals surface area (Å²) in [5.41, 5.74) is -0.0802. The van der Waals surface area contributed by atoms with Crippen LogP contribution in [0, 0.1) is 22.0 Å². The van der Waals surface area contributed by atoms with Gasteiger partial charge in [0.2, 0.25) is 5.95 Å². The molecule has 0 bridgehead atoms. The van der Waals surface area contributed by atoms with Crippen LogP contribution in [0.25, 0.3) is 0 Å². The van der Waals surface area contributed by atoms with Gasteiger partial charge in [0.1, 0.15) is 12.4 Å². The molecule has 3 atom stereocenters. The summed E-state index contributed by atoms with van der Waals surface area (Å²) in [6, 6.07) is 0.367. The van der Waals surface area contributed by atoms with Crippen LogP contribution in [-0.4, -0.2) is 20.9 Å². The van der Waals surface area contributed by atoms with Crippen molar-refractivity contribution in [1.29, 1.82) is 0 Å². The van der Waals surface area contributed by atoms with E-state index in [0.29, 0.717) is 23.8 Å². The fourth-order valence-electron chi connectivity index (χ4n) is 2.22. The SMILES string of the molecule is CC1CCC(Nc2ncc([N+](=O)[O-])cn2)C1C. The second-order valence-corrected chi connectivity index (χ2v) is 4.69. The van der Waals surface area contributed by atoms with Gasteiger partial charge in [0.15, 0.2) is 0 Å². The summed E-state index contributed by atoms with van der Waals surface area (Å²) < 4.78 is 0. The Bertz CT molecular complexity index is 406. The van der Waals surface area contributed by atoms with E-state index in [0.717, 1.165) is 6.42 Å². The number of anilines is 1. The largest absolute Gasteiger partial charge is 0.351 e. The van der Waals surface area contributed by atoms with Gasteiger partial charge < -0.3 is 5.32 Å². The first kappa shape index (κ1) is 11.8. The van der Waals surface area contributed by atoms with Crippen LogP contribution in [0.15, 0.2) is 12.4 Å². The molecule has 92 valence electrons. The van der Waals surface area contributed by atoms with Crippen LogP contribution in [0.5, 0.6) is 0 Å². The molecule has 1 aromatic rings. The lowest BCUT2D eigenvalue weighted by atomic mass is 9.98. The Kier molecular flexibility index (Phi) is 3.21. The second kappa shape index (κ2) is 4.65. The third kappa shape index (κ3) is 2.51. The quantitative estimate of drug-likeness (QED) is 0.643. The zero-order valence-corrected chi connectivity index (χ0v) is 9.96. The summed E-state index contributed by atoms with van der Waals surface area (Å²) in [6.45, 7) is 4.45. The van der Waals surface area contributed by atoms with Gasteiger partial charge in [0.25, 0.3) is 0 Å². The molecular weight excluding hydrogens is 220 g/mol. The topological polar surface area (TPSA) is 81.0 Å². The number of aromatic nitrogens is 2. The first-order chi connectivity index (χ1) is 8.08. The van der Waals surface area contributed by atoms with E-state index >= 15 is 0 Å². The molecule has 1 aromatic heterocycles. The van der Waals surface area contributed by atoms with Gasteiger partial charge in [-0.1, -0.05) is 13.8 Å². The normalized spacial score (nSPS) is 28.0. The van der Waals surface area contributed by atoms with Crippen LogP contribution in [0.4, 0.5) is 11.6 Å². The van der Waals surface area contributed by atoms with Gasteiger partial charge in [-0.15, -0.1) is 0 Å². The molecule has 2 rings (SSSR count). The summed E-state index contributed by atoms with van der Waals surface area (Å²) in [4.78, 5) is 17.9. The Balaban J connectivity index is 2.02. The summed E-state index contributed by atoms with van der Waals surface area (Å²) >= 11 is 0. The average Bonchev–Trinajstić information content (AvgIpc) is 2.62. The van der Waals surface area contributed by atoms with Crippen LogP contribution >= 0.6 is 0 Å². The lowest BCUT2D eigenvalue weighted by molar-refractivity contribution is -0.385. The molecule has 1 aliphatic carbocycles. The molecule has 0 aliphatic heterocycles. The highest BCUT2D eigenvalue weighted by atomic mass is 16.6. The van der Waals surface area contributed by atoms with Crippen LogP contribution in [0.3, 0.4) is 0 Å². The average molecular weight is 236 g/mol. The third-order valence-corrected chi connectivity index (χ3v) is 3.63. The molecule has 17 heavy (non-hydrogen) atoms. The fourth-order valence-corrected chi connectivity index (χ4v) is 2.22. The fraction of sp³-hybridized carbons (Fsp3) is 0.636. The van der Waals surface area contributed by atoms with Gasteiger partial charge in [-0.3, -0.25) is 10.1 Å². The zero-order chi connectivity index (χ0) is 12.4. The van der Waals surface area contributed by atoms with E-state index in [4.69, 9.17) is 0 Å². The minimum absolute atomic E-state index is 0.0802. The van der Waals surface area contributed by atoms with Crippen LogP contribution in [0.2, 0.25) is 0 Å². The van der Waals surface area contributed by atoms with Crippen molar-refractivity contribution in [1.82, 2.24) is 9.97 Å². The maximum absolute atomic E-state index is 10.5. The number of rotatable bonds is 3. The maximum Gasteiger partial charge on any atom is 0.305 e. The van der Waals surface area contributed by atoms with E-state index in [-0.39, 0.29) is 5.69 Å². The molecule has 0 radical (unpaired) electrons. The monoisotopic (exact) mass is 236 g/mol. The second-order valence-electron chi connectivity index (χ2n) is 4.69. The summed E-state index contributed by atoms with van der Waals surface area (Å²) in [7, 11) is 0. The summed E-state index contributed by atoms with van der Waals surface area (Å²) in [6.07, 6.45) is 4.77. The van der Waals surface area contributed by atoms with Crippen molar-refractivity contribution in [2.75, 3.05) is 5.32 Å². The number of nitrogens with one attached hydrogen (secondary N) is 1. The van der Waals surface area contributed by atoms with Crippen molar-refractivity contribution >= 4 is 11.6 Å². The summed E-state index contributed by atoms with van der Waals surface area (Å²) in [5.74, 6) is 1.75. The van der Waals surface area contributed by atoms with Crippen molar-refractivity contribution in [3.63, 3.8) is 0 Å². The highest BCUT2D eigenvalue weighted by Crippen LogP contribution is 2.32. The number of hydrogen-bond acceptors (Lipinski definition) is 5. The molecule has 1 heterocycles. The summed E-state index contributed by atoms with van der Waals surface area (Å²) in [5, 5.41) is 13.7. The number of hydrogen-bond donors (Lipinski definition) is 1. The van der Waals surface area contributed by atoms with Gasteiger partial charge in [-0.25, -0.2) is 9.97 Å². The molecule has 1 N–H and O–H groups in total. The van der Waals surface area contributed by atoms with Crippen molar-refractivity contribution in [3.8, 4) is 0 Å². The van der Waals surface area contributed by atoms with Crippen molar-refractivity contribution in [2.24, 2.45) is 11.8 Å². The highest BCUT2D eigenvalue weighted by Gasteiger charge is 2.30. The first-order valence-electron chi connectivity index (χ1n) is 5.81. The number of nitrogens with zero attached hydrogens (tertiary/aromatic N) is 3. The Morgan fingerprint density at radius 3 is 2.47 bits per heavy atom. The van der Waals surface area contributed by atoms with E-state index in [9.17, 15) is 10.1 Å². The van der Waals surface area contributed by atoms with Crippen LogP contribution in [-0.2, 0) is 0 Å². The van der Waals surface area contributed by atoms with E-state index in [1.165, 1.54) is 18.8 Å². The Morgan fingerprint density at radius 2 is 2.00 bits per heavy atom. The van der Waals surface area contributed by atoms with Crippen LogP contribution in [0.1, 0.15) is 26.7 Å². The standard InChI is InChI=1S/C11H16N4O2/c1-7-3-4-10(8(7)2)14-11-12-5-9(6-13-11)15(16)17/h5-8,10H,3-4H2,1-2H3,(H,12,13,14). The van der Waals surface area contributed by atoms with E-state index in [1.54, 1.807) is 0 Å². The third-order valence-electron chi connectivity index (χ3n) is 3.63. The molecule has 0 spiro atoms. The molecule has 0 saturated heterocycles. The molecule has 3 unspecified atom stereocenters. The molecule has 0 amide bonds. The van der Waals surface area contributed by atoms with Crippen molar-refractivity contribution in [3.05, 3.63) is 22.5 Å². The van der Waals surface area contributed by atoms with Gasteiger partial charge in [0.05, 0.1) is 4.92 Å². The van der Waals surface area contributed by atoms with E-state index in [1.807, 2.05) is 0 Å². The lowest BCUT2D eigenvalue weighted by Crippen LogP contribution is -2.25. The molecule has 6 nitrogen and oxygen atoms in total. The zero-order valence-electron chi connectivity index (χ0n) is 9.96. The Labute approximate surface area is 99.6 Å². The van der Waals surface area contributed by atoms with Gasteiger partial charge in [-0.05, 0) is 24.7 Å². The lowest BCUT2D eigenvalue weighted by Gasteiger charge is -2.19. The maximum atomic E-state index is 10.5. The Morgan fingerprint density at radius 1 is 1.35 bits per heavy atom. The minimum atomic E-state index is -0.496. The van der Waals surface area contributed by atoms with Crippen molar-refractivity contribution in [2.45, 2.75) is 32.7 Å². The molecule has 1 fully saturated rings. The molecule has 0 aromatic carbocycles. The van der Waals surface area contributed by atoms with E-state index in [2.05, 4.69) is 29.1 Å². The van der Waals surface area contributed by atoms with Gasteiger partial charge >= 0.3 is 5.69 Å². The van der Waals surface area contributed by atoms with E-state index < -0.39 is 4.92 Å². The Hall–Kier alpha value is -1.72. The molecule has 1 aliphatic rings. The smallest absolute Gasteiger partial charge is 0.305 e. The predicted molar refractivity (Wildman–Crippen MR) is 63.7 cm³/mol. The van der Waals surface area contributed by atoms with Gasteiger partial charge in [-0.2, -0.15) is 0 Å².